The third kappa shape index (κ3) is 3.28. The molecule has 0 bridgehead atoms. The molecule has 0 fully saturated rings. The van der Waals surface area contributed by atoms with Crippen LogP contribution in [0.25, 0.3) is 5.95 Å². The van der Waals surface area contributed by atoms with Crippen LogP contribution in [0, 0.1) is 13.8 Å². The van der Waals surface area contributed by atoms with Gasteiger partial charge in [0.15, 0.2) is 0 Å². The monoisotopic (exact) mass is 363 g/mol. The second kappa shape index (κ2) is 6.83. The predicted octanol–water partition coefficient (Wildman–Crippen LogP) is 2.17. The molecule has 2 aromatic heterocycles. The summed E-state index contributed by atoms with van der Waals surface area (Å²) in [7, 11) is 0. The van der Waals surface area contributed by atoms with Crippen LogP contribution in [0.5, 0.6) is 0 Å². The fourth-order valence-corrected chi connectivity index (χ4v) is 3.52. The number of nitrogens with one attached hydrogen (secondary N) is 1. The number of anilines is 1. The van der Waals surface area contributed by atoms with E-state index >= 15 is 0 Å². The molecule has 0 saturated carbocycles. The van der Waals surface area contributed by atoms with Gasteiger partial charge in [-0.05, 0) is 51.3 Å². The zero-order valence-corrected chi connectivity index (χ0v) is 15.4. The van der Waals surface area contributed by atoms with Gasteiger partial charge < -0.3 is 5.32 Å². The number of rotatable bonds is 4. The Morgan fingerprint density at radius 1 is 1.19 bits per heavy atom. The van der Waals surface area contributed by atoms with Gasteiger partial charge in [0, 0.05) is 16.9 Å². The smallest absolute Gasteiger partial charge is 0.258 e. The SMILES string of the molecule is Cc1cc(C)n(-c2nc3c(c(=O)n2CC(=O)Nc2ccccc2)CCC3)n1. The molecular weight excluding hydrogens is 342 g/mol. The minimum absolute atomic E-state index is 0.109. The first kappa shape index (κ1) is 17.2. The van der Waals surface area contributed by atoms with Crippen LogP contribution in [0.4, 0.5) is 5.69 Å². The molecule has 27 heavy (non-hydrogen) atoms. The molecule has 0 aliphatic heterocycles. The summed E-state index contributed by atoms with van der Waals surface area (Å²) < 4.78 is 3.08. The van der Waals surface area contributed by atoms with Crippen molar-refractivity contribution in [2.24, 2.45) is 0 Å². The van der Waals surface area contributed by atoms with Gasteiger partial charge in [-0.25, -0.2) is 9.67 Å². The summed E-state index contributed by atoms with van der Waals surface area (Å²) >= 11 is 0. The van der Waals surface area contributed by atoms with Crippen LogP contribution in [0.15, 0.2) is 41.2 Å². The minimum atomic E-state index is -0.272. The van der Waals surface area contributed by atoms with Crippen LogP contribution < -0.4 is 10.9 Å². The summed E-state index contributed by atoms with van der Waals surface area (Å²) in [5.74, 6) is 0.125. The van der Waals surface area contributed by atoms with Gasteiger partial charge in [0.25, 0.3) is 5.56 Å². The Bertz CT molecular complexity index is 1070. The van der Waals surface area contributed by atoms with E-state index in [1.807, 2.05) is 50.2 Å². The molecule has 138 valence electrons. The van der Waals surface area contributed by atoms with Crippen LogP contribution in [0.3, 0.4) is 0 Å². The first-order chi connectivity index (χ1) is 13.0. The Morgan fingerprint density at radius 3 is 2.67 bits per heavy atom. The number of benzene rings is 1. The number of hydrogen-bond acceptors (Lipinski definition) is 4. The van der Waals surface area contributed by atoms with Gasteiger partial charge in [0.05, 0.1) is 11.4 Å². The summed E-state index contributed by atoms with van der Waals surface area (Å²) in [5.41, 5.74) is 3.78. The average Bonchev–Trinajstić information content (AvgIpc) is 3.24. The van der Waals surface area contributed by atoms with Crippen molar-refractivity contribution in [2.45, 2.75) is 39.7 Å². The number of aromatic nitrogens is 4. The molecule has 3 aromatic rings. The maximum absolute atomic E-state index is 13.1. The zero-order valence-electron chi connectivity index (χ0n) is 15.4. The summed E-state index contributed by atoms with van der Waals surface area (Å²) in [6, 6.07) is 11.1. The molecule has 0 radical (unpaired) electrons. The van der Waals surface area contributed by atoms with Crippen LogP contribution in [-0.4, -0.2) is 25.2 Å². The quantitative estimate of drug-likeness (QED) is 0.770. The van der Waals surface area contributed by atoms with E-state index < -0.39 is 0 Å². The molecule has 1 amide bonds. The average molecular weight is 363 g/mol. The van der Waals surface area contributed by atoms with Crippen molar-refractivity contribution in [3.05, 3.63) is 69.4 Å². The van der Waals surface area contributed by atoms with Crippen molar-refractivity contribution in [2.75, 3.05) is 5.32 Å². The number of fused-ring (bicyclic) bond motifs is 1. The Kier molecular flexibility index (Phi) is 4.35. The first-order valence-electron chi connectivity index (χ1n) is 9.04. The Morgan fingerprint density at radius 2 is 1.96 bits per heavy atom. The van der Waals surface area contributed by atoms with E-state index in [1.54, 1.807) is 4.68 Å². The van der Waals surface area contributed by atoms with Gasteiger partial charge in [-0.2, -0.15) is 5.10 Å². The summed E-state index contributed by atoms with van der Waals surface area (Å²) in [5, 5.41) is 7.29. The van der Waals surface area contributed by atoms with Crippen molar-refractivity contribution in [3.8, 4) is 5.95 Å². The molecule has 4 rings (SSSR count). The highest BCUT2D eigenvalue weighted by Crippen LogP contribution is 2.19. The molecule has 1 aromatic carbocycles. The van der Waals surface area contributed by atoms with E-state index in [0.29, 0.717) is 23.6 Å². The van der Waals surface area contributed by atoms with E-state index in [1.165, 1.54) is 4.57 Å². The van der Waals surface area contributed by atoms with Gasteiger partial charge >= 0.3 is 0 Å². The Balaban J connectivity index is 1.75. The zero-order chi connectivity index (χ0) is 19.0. The van der Waals surface area contributed by atoms with E-state index in [2.05, 4.69) is 10.4 Å². The van der Waals surface area contributed by atoms with Crippen LogP contribution in [0.2, 0.25) is 0 Å². The molecule has 1 N–H and O–H groups in total. The lowest BCUT2D eigenvalue weighted by atomic mass is 10.2. The fourth-order valence-electron chi connectivity index (χ4n) is 3.52. The number of hydrogen-bond donors (Lipinski definition) is 1. The van der Waals surface area contributed by atoms with Gasteiger partial charge in [-0.3, -0.25) is 14.2 Å². The lowest BCUT2D eigenvalue weighted by Crippen LogP contribution is -2.34. The molecule has 1 aliphatic rings. The number of carbonyl (C=O) groups excluding carboxylic acids is 1. The minimum Gasteiger partial charge on any atom is -0.325 e. The molecule has 0 saturated heterocycles. The number of para-hydroxylation sites is 1. The third-order valence-corrected chi connectivity index (χ3v) is 4.73. The topological polar surface area (TPSA) is 81.8 Å². The van der Waals surface area contributed by atoms with Crippen LogP contribution >= 0.6 is 0 Å². The highest BCUT2D eigenvalue weighted by molar-refractivity contribution is 5.90. The van der Waals surface area contributed by atoms with E-state index in [4.69, 9.17) is 4.98 Å². The molecule has 0 atom stereocenters. The molecule has 7 heteroatoms. The molecule has 7 nitrogen and oxygen atoms in total. The van der Waals surface area contributed by atoms with E-state index in [-0.39, 0.29) is 18.0 Å². The second-order valence-corrected chi connectivity index (χ2v) is 6.84. The van der Waals surface area contributed by atoms with Crippen molar-refractivity contribution >= 4 is 11.6 Å². The van der Waals surface area contributed by atoms with Crippen molar-refractivity contribution in [3.63, 3.8) is 0 Å². The van der Waals surface area contributed by atoms with E-state index in [9.17, 15) is 9.59 Å². The van der Waals surface area contributed by atoms with Crippen molar-refractivity contribution in [1.82, 2.24) is 19.3 Å². The molecule has 0 spiro atoms. The summed E-state index contributed by atoms with van der Waals surface area (Å²) in [6.07, 6.45) is 2.40. The molecule has 0 unspecified atom stereocenters. The van der Waals surface area contributed by atoms with E-state index in [0.717, 1.165) is 29.9 Å². The normalized spacial score (nSPS) is 12.8. The van der Waals surface area contributed by atoms with Crippen molar-refractivity contribution < 1.29 is 4.79 Å². The van der Waals surface area contributed by atoms with Gasteiger partial charge in [0.2, 0.25) is 11.9 Å². The molecule has 2 heterocycles. The lowest BCUT2D eigenvalue weighted by molar-refractivity contribution is -0.116. The number of carbonyl (C=O) groups is 1. The maximum atomic E-state index is 13.1. The third-order valence-electron chi connectivity index (χ3n) is 4.73. The lowest BCUT2D eigenvalue weighted by Gasteiger charge is -2.15. The maximum Gasteiger partial charge on any atom is 0.258 e. The fraction of sp³-hybridized carbons (Fsp3) is 0.300. The van der Waals surface area contributed by atoms with Crippen molar-refractivity contribution in [1.29, 1.82) is 0 Å². The van der Waals surface area contributed by atoms with Gasteiger partial charge in [-0.15, -0.1) is 0 Å². The second-order valence-electron chi connectivity index (χ2n) is 6.84. The number of aryl methyl sites for hydroxylation is 3. The Hall–Kier alpha value is -3.22. The largest absolute Gasteiger partial charge is 0.325 e. The summed E-state index contributed by atoms with van der Waals surface area (Å²) in [4.78, 5) is 30.3. The van der Waals surface area contributed by atoms with Crippen LogP contribution in [0.1, 0.15) is 29.1 Å². The highest BCUT2D eigenvalue weighted by Gasteiger charge is 2.23. The number of nitrogens with zero attached hydrogens (tertiary/aromatic N) is 4. The van der Waals surface area contributed by atoms with Gasteiger partial charge in [0.1, 0.15) is 6.54 Å². The number of amides is 1. The molecule has 1 aliphatic carbocycles. The molecular formula is C20H21N5O2. The predicted molar refractivity (Wildman–Crippen MR) is 102 cm³/mol. The van der Waals surface area contributed by atoms with Gasteiger partial charge in [-0.1, -0.05) is 18.2 Å². The summed E-state index contributed by atoms with van der Waals surface area (Å²) in [6.45, 7) is 3.69. The Labute approximate surface area is 156 Å². The van der Waals surface area contributed by atoms with Crippen LogP contribution in [-0.2, 0) is 24.2 Å². The standard InChI is InChI=1S/C20H21N5O2/c1-13-11-14(2)25(23-13)20-22-17-10-6-9-16(17)19(27)24(20)12-18(26)21-15-7-4-3-5-8-15/h3-5,7-8,11H,6,9-10,12H2,1-2H3,(H,21,26). The highest BCUT2D eigenvalue weighted by atomic mass is 16.2. The first-order valence-corrected chi connectivity index (χ1v) is 9.04.